The van der Waals surface area contributed by atoms with Crippen molar-refractivity contribution in [3.05, 3.63) is 250 Å². The van der Waals surface area contributed by atoms with Gasteiger partial charge in [0.15, 0.2) is 0 Å². The molecule has 422 valence electrons. The molecule has 0 fully saturated rings. The fraction of sp³-hybridized carbons (Fsp3) is 0.294. The van der Waals surface area contributed by atoms with Gasteiger partial charge < -0.3 is 0 Å². The van der Waals surface area contributed by atoms with Gasteiger partial charge in [0.25, 0.3) is 0 Å². The van der Waals surface area contributed by atoms with Crippen molar-refractivity contribution in [1.82, 2.24) is 0 Å². The van der Waals surface area contributed by atoms with Crippen LogP contribution in [-0.2, 0) is 27.1 Å². The summed E-state index contributed by atoms with van der Waals surface area (Å²) in [5.74, 6) is 0. The second kappa shape index (κ2) is 19.6. The maximum atomic E-state index is 2.59. The zero-order chi connectivity index (χ0) is 58.4. The summed E-state index contributed by atoms with van der Waals surface area (Å²) >= 11 is 0. The van der Waals surface area contributed by atoms with Gasteiger partial charge in [0, 0.05) is 27.1 Å². The fourth-order valence-corrected chi connectivity index (χ4v) is 18.9. The van der Waals surface area contributed by atoms with Gasteiger partial charge in [-0.15, -0.1) is 0 Å². The van der Waals surface area contributed by atoms with E-state index in [9.17, 15) is 0 Å². The highest BCUT2D eigenvalue weighted by atomic mass is 14.5. The number of rotatable bonds is 14. The lowest BCUT2D eigenvalue weighted by molar-refractivity contribution is 0.490. The van der Waals surface area contributed by atoms with Crippen LogP contribution in [0, 0.1) is 0 Å². The molecule has 0 saturated heterocycles. The Balaban J connectivity index is 0.748. The first-order valence-corrected chi connectivity index (χ1v) is 32.9. The van der Waals surface area contributed by atoms with Crippen LogP contribution in [0.3, 0.4) is 0 Å². The Bertz CT molecular complexity index is 4100. The van der Waals surface area contributed by atoms with Gasteiger partial charge in [0.05, 0.1) is 0 Å². The predicted octanol–water partition coefficient (Wildman–Crippen LogP) is 23.8. The standard InChI is InChI=1S/C85H82/c1-11-81(12-2)71-27-23-21-25-61(71)63-37-29-53(45-73(63)81)55-31-39-65-67-41-33-57(49-77(67)83(15-5,16-6)75(65)47-55)59-35-43-69-70-44-36-60(52-80(70)85(19-9,20-10)79(69)51-59)58-34-42-68-66-40-32-56(48-76(66)84(17-7,18-8)78(68)50-58)54-30-38-64-62-26-22-24-28-72(62)82(13-3,14-4)74(64)46-54/h21-52H,11-20H2,1-10H3. The average Bonchev–Trinajstić information content (AvgIpc) is 3.03. The molecule has 0 N–H and O–H groups in total. The van der Waals surface area contributed by atoms with Crippen molar-refractivity contribution in [1.29, 1.82) is 0 Å². The summed E-state index contributed by atoms with van der Waals surface area (Å²) in [6.07, 6.45) is 10.7. The molecule has 0 aromatic heterocycles. The topological polar surface area (TPSA) is 0 Å². The molecule has 85 heavy (non-hydrogen) atoms. The van der Waals surface area contributed by atoms with E-state index in [4.69, 9.17) is 0 Å². The molecule has 0 heteroatoms. The Morgan fingerprint density at radius 3 is 0.471 bits per heavy atom. The predicted molar refractivity (Wildman–Crippen MR) is 362 cm³/mol. The van der Waals surface area contributed by atoms with E-state index in [1.165, 1.54) is 156 Å². The summed E-state index contributed by atoms with van der Waals surface area (Å²) in [4.78, 5) is 0. The quantitative estimate of drug-likeness (QED) is 0.102. The number of hydrogen-bond donors (Lipinski definition) is 0. The fourth-order valence-electron chi connectivity index (χ4n) is 18.9. The zero-order valence-electron chi connectivity index (χ0n) is 52.0. The van der Waals surface area contributed by atoms with Crippen molar-refractivity contribution in [2.75, 3.05) is 0 Å². The molecule has 0 saturated carbocycles. The lowest BCUT2D eigenvalue weighted by Crippen LogP contribution is -2.23. The van der Waals surface area contributed by atoms with E-state index >= 15 is 0 Å². The van der Waals surface area contributed by atoms with E-state index in [1.54, 1.807) is 0 Å². The molecule has 0 amide bonds. The smallest absolute Gasteiger partial charge is 0.0210 e. The molecular formula is C85H82. The highest BCUT2D eigenvalue weighted by Gasteiger charge is 2.46. The average molecular weight is 1100 g/mol. The van der Waals surface area contributed by atoms with Crippen molar-refractivity contribution in [3.63, 3.8) is 0 Å². The SMILES string of the molecule is CCC1(CC)c2ccccc2-c2ccc(-c3ccc4c(c3)C(CC)(CC)c3cc(-c5ccc6c(c5)C(CC)(CC)c5cc(-c7ccc8c(c7)C(CC)(CC)c7cc(-c9ccc%10c(c9)C(CC)(CC)c9ccccc9-%10)ccc7-8)ccc5-6)ccc3-4)cc21. The van der Waals surface area contributed by atoms with E-state index < -0.39 is 0 Å². The second-order valence-corrected chi connectivity index (χ2v) is 26.1. The largest absolute Gasteiger partial charge is 0.0642 e. The minimum absolute atomic E-state index is 0.0518. The first-order chi connectivity index (χ1) is 41.5. The van der Waals surface area contributed by atoms with E-state index in [0.717, 1.165) is 64.2 Å². The molecule has 10 aromatic carbocycles. The van der Waals surface area contributed by atoms with Crippen LogP contribution in [0.1, 0.15) is 189 Å². The minimum atomic E-state index is -0.0842. The maximum Gasteiger partial charge on any atom is 0.0210 e. The molecule has 0 nitrogen and oxygen atoms in total. The van der Waals surface area contributed by atoms with Gasteiger partial charge >= 0.3 is 0 Å². The maximum absolute atomic E-state index is 2.59. The lowest BCUT2D eigenvalue weighted by atomic mass is 9.72. The Morgan fingerprint density at radius 2 is 0.306 bits per heavy atom. The molecule has 0 bridgehead atoms. The van der Waals surface area contributed by atoms with Gasteiger partial charge in [-0.05, 0) is 269 Å². The molecule has 0 heterocycles. The van der Waals surface area contributed by atoms with Crippen LogP contribution in [0.4, 0.5) is 0 Å². The van der Waals surface area contributed by atoms with Crippen molar-refractivity contribution in [2.24, 2.45) is 0 Å². The molecule has 0 atom stereocenters. The van der Waals surface area contributed by atoms with E-state index in [1.807, 2.05) is 0 Å². The Morgan fingerprint density at radius 1 is 0.165 bits per heavy atom. The summed E-state index contributed by atoms with van der Waals surface area (Å²) in [6.45, 7) is 24.0. The number of benzene rings is 10. The third kappa shape index (κ3) is 7.04. The number of fused-ring (bicyclic) bond motifs is 15. The summed E-state index contributed by atoms with van der Waals surface area (Å²) in [5.41, 5.74) is 39.5. The Kier molecular flexibility index (Phi) is 12.4. The zero-order valence-corrected chi connectivity index (χ0v) is 52.0. The Labute approximate surface area is 507 Å². The van der Waals surface area contributed by atoms with E-state index in [0.29, 0.717) is 0 Å². The molecule has 0 radical (unpaired) electrons. The molecule has 0 aliphatic heterocycles. The minimum Gasteiger partial charge on any atom is -0.0642 e. The van der Waals surface area contributed by atoms with Gasteiger partial charge in [0.1, 0.15) is 0 Å². The highest BCUT2D eigenvalue weighted by Crippen LogP contribution is 2.60. The molecular weight excluding hydrogens is 1020 g/mol. The van der Waals surface area contributed by atoms with Crippen LogP contribution in [0.5, 0.6) is 0 Å². The van der Waals surface area contributed by atoms with Crippen LogP contribution in [-0.4, -0.2) is 0 Å². The van der Waals surface area contributed by atoms with E-state index in [2.05, 4.69) is 263 Å². The van der Waals surface area contributed by atoms with Crippen molar-refractivity contribution in [2.45, 2.75) is 161 Å². The van der Waals surface area contributed by atoms with Gasteiger partial charge in [-0.1, -0.05) is 215 Å². The molecule has 15 rings (SSSR count). The summed E-state index contributed by atoms with van der Waals surface area (Å²) in [6, 6.07) is 77.7. The van der Waals surface area contributed by atoms with Crippen molar-refractivity contribution in [3.8, 4) is 100 Å². The summed E-state index contributed by atoms with van der Waals surface area (Å²) < 4.78 is 0. The van der Waals surface area contributed by atoms with Crippen LogP contribution < -0.4 is 0 Å². The first-order valence-electron chi connectivity index (χ1n) is 32.9. The molecule has 10 aromatic rings. The van der Waals surface area contributed by atoms with Crippen LogP contribution >= 0.6 is 0 Å². The summed E-state index contributed by atoms with van der Waals surface area (Å²) in [5, 5.41) is 0. The molecule has 5 aliphatic rings. The van der Waals surface area contributed by atoms with Crippen LogP contribution in [0.15, 0.2) is 194 Å². The molecule has 5 aliphatic carbocycles. The normalized spacial score (nSPS) is 16.4. The van der Waals surface area contributed by atoms with Crippen molar-refractivity contribution >= 4 is 0 Å². The van der Waals surface area contributed by atoms with Crippen molar-refractivity contribution < 1.29 is 0 Å². The number of hydrogen-bond acceptors (Lipinski definition) is 0. The third-order valence-corrected chi connectivity index (χ3v) is 24.0. The van der Waals surface area contributed by atoms with E-state index in [-0.39, 0.29) is 27.1 Å². The second-order valence-electron chi connectivity index (χ2n) is 26.1. The van der Waals surface area contributed by atoms with Gasteiger partial charge in [0.2, 0.25) is 0 Å². The lowest BCUT2D eigenvalue weighted by Gasteiger charge is -2.31. The van der Waals surface area contributed by atoms with Gasteiger partial charge in [-0.25, -0.2) is 0 Å². The van der Waals surface area contributed by atoms with Crippen LogP contribution in [0.2, 0.25) is 0 Å². The first kappa shape index (κ1) is 53.9. The third-order valence-electron chi connectivity index (χ3n) is 24.0. The Hall–Kier alpha value is -7.80. The highest BCUT2D eigenvalue weighted by molar-refractivity contribution is 5.93. The summed E-state index contributed by atoms with van der Waals surface area (Å²) in [7, 11) is 0. The molecule has 0 spiro atoms. The molecule has 0 unspecified atom stereocenters. The monoisotopic (exact) mass is 1100 g/mol. The van der Waals surface area contributed by atoms with Gasteiger partial charge in [-0.2, -0.15) is 0 Å². The van der Waals surface area contributed by atoms with Crippen LogP contribution in [0.25, 0.3) is 100 Å². The van der Waals surface area contributed by atoms with Gasteiger partial charge in [-0.3, -0.25) is 0 Å².